The zero-order chi connectivity index (χ0) is 29.3. The molecule has 0 radical (unpaired) electrons. The molecule has 5 aromatic rings. The molecule has 1 N–H and O–H groups in total. The van der Waals surface area contributed by atoms with Gasteiger partial charge < -0.3 is 9.81 Å². The van der Waals surface area contributed by atoms with E-state index < -0.39 is 15.0 Å². The van der Waals surface area contributed by atoms with Crippen molar-refractivity contribution in [1.29, 1.82) is 0 Å². The molecule has 2 aromatic carbocycles. The molecule has 0 atom stereocenters. The number of rotatable bonds is 9. The number of nitrogens with one attached hydrogen (secondary N) is 1. The van der Waals surface area contributed by atoms with E-state index in [-0.39, 0.29) is 98.4 Å². The van der Waals surface area contributed by atoms with Gasteiger partial charge in [-0.2, -0.15) is 9.43 Å². The molecule has 210 valence electrons. The van der Waals surface area contributed by atoms with Crippen LogP contribution < -0.4 is 86.2 Å². The van der Waals surface area contributed by atoms with Gasteiger partial charge in [0.05, 0.1) is 41.1 Å². The van der Waals surface area contributed by atoms with Crippen molar-refractivity contribution in [2.75, 3.05) is 0 Å². The molecule has 0 saturated carbocycles. The first-order valence-corrected chi connectivity index (χ1v) is 13.9. The molecule has 0 unspecified atom stereocenters. The summed E-state index contributed by atoms with van der Waals surface area (Å²) in [5, 5.41) is 38.5. The van der Waals surface area contributed by atoms with Gasteiger partial charge in [0.15, 0.2) is 17.3 Å². The van der Waals surface area contributed by atoms with E-state index in [1.807, 2.05) is 26.8 Å². The van der Waals surface area contributed by atoms with Crippen molar-refractivity contribution in [1.82, 2.24) is 29.6 Å². The second kappa shape index (κ2) is 15.0. The summed E-state index contributed by atoms with van der Waals surface area (Å²) in [7, 11) is -4.62. The number of hydrogen-bond acceptors (Lipinski definition) is 12. The van der Waals surface area contributed by atoms with E-state index in [9.17, 15) is 18.2 Å². The van der Waals surface area contributed by atoms with Crippen molar-refractivity contribution >= 4 is 45.0 Å². The van der Waals surface area contributed by atoms with Crippen LogP contribution in [0.4, 0.5) is 17.2 Å². The summed E-state index contributed by atoms with van der Waals surface area (Å²) >= 11 is 0.782. The van der Waals surface area contributed by atoms with E-state index in [1.54, 1.807) is 16.6 Å². The summed E-state index contributed by atoms with van der Waals surface area (Å²) in [5.74, 6) is 0.591. The maximum atomic E-state index is 11.3. The van der Waals surface area contributed by atoms with Gasteiger partial charge in [-0.3, -0.25) is 10.1 Å². The average molecular weight is 656 g/mol. The number of hydrogen-bond donors (Lipinski definition) is 1. The van der Waals surface area contributed by atoms with Crippen LogP contribution in [0.15, 0.2) is 68.7 Å². The first kappa shape index (κ1) is 35.7. The molecular formula is C24H19KN9NaO6S2. The Balaban J connectivity index is 0.00000253. The zero-order valence-electron chi connectivity index (χ0n) is 23.5. The van der Waals surface area contributed by atoms with Crippen LogP contribution >= 0.6 is 12.0 Å². The molecule has 0 spiro atoms. The maximum Gasteiger partial charge on any atom is 1.00 e. The molecule has 0 aliphatic heterocycles. The first-order chi connectivity index (χ1) is 19.6. The number of aromatic amines is 1. The fourth-order valence-electron chi connectivity index (χ4n) is 4.05. The Hall–Kier alpha value is -1.80. The standard InChI is InChI=1S/C24H21N9O6S2.K.Na/c1-13(2)20-21(24-30-28-22(33(24)31-20)18-10-7-16(11-14(18)3)40-39-38-34)27-29-23-19(25-4)12-26-32(23)15-5-8-17(9-6-15)41(35,36)37;;/h5-13,31,34H,1-3H3,(H,35,36,37);;/q;2*+1/p-2. The first-order valence-electron chi connectivity index (χ1n) is 11.8. The van der Waals surface area contributed by atoms with Gasteiger partial charge in [0, 0.05) is 10.5 Å². The average Bonchev–Trinajstić information content (AvgIpc) is 3.64. The molecule has 5 rings (SSSR count). The minimum Gasteiger partial charge on any atom is -0.744 e. The fraction of sp³-hybridized carbons (Fsp3) is 0.167. The molecule has 3 heterocycles. The minimum atomic E-state index is -4.62. The quantitative estimate of drug-likeness (QED) is 0.0370. The van der Waals surface area contributed by atoms with Crippen LogP contribution in [0.3, 0.4) is 0 Å². The Labute approximate surface area is 314 Å². The zero-order valence-corrected chi connectivity index (χ0v) is 30.3. The third kappa shape index (κ3) is 7.54. The summed E-state index contributed by atoms with van der Waals surface area (Å²) in [5.41, 5.74) is 3.60. The van der Waals surface area contributed by atoms with E-state index in [1.165, 1.54) is 23.0 Å². The number of benzene rings is 2. The summed E-state index contributed by atoms with van der Waals surface area (Å²) in [6.07, 6.45) is 1.31. The van der Waals surface area contributed by atoms with E-state index in [4.69, 9.17) is 6.57 Å². The largest absolute Gasteiger partial charge is 1.00 e. The number of H-pyrrole nitrogens is 1. The Morgan fingerprint density at radius 3 is 2.47 bits per heavy atom. The fourth-order valence-corrected chi connectivity index (χ4v) is 4.98. The van der Waals surface area contributed by atoms with Crippen LogP contribution in [0.5, 0.6) is 0 Å². The van der Waals surface area contributed by atoms with Gasteiger partial charge in [0.2, 0.25) is 5.65 Å². The van der Waals surface area contributed by atoms with Crippen LogP contribution in [-0.4, -0.2) is 42.6 Å². The molecule has 0 amide bonds. The minimum absolute atomic E-state index is 0. The van der Waals surface area contributed by atoms with Gasteiger partial charge in [-0.1, -0.05) is 13.8 Å². The van der Waals surface area contributed by atoms with Crippen molar-refractivity contribution in [3.63, 3.8) is 0 Å². The third-order valence-electron chi connectivity index (χ3n) is 6.00. The van der Waals surface area contributed by atoms with Crippen LogP contribution in [0.1, 0.15) is 31.0 Å². The van der Waals surface area contributed by atoms with Gasteiger partial charge in [0.25, 0.3) is 5.69 Å². The van der Waals surface area contributed by atoms with Crippen LogP contribution in [0.2, 0.25) is 0 Å². The number of nitrogens with zero attached hydrogens (tertiary/aromatic N) is 8. The van der Waals surface area contributed by atoms with Crippen LogP contribution in [0, 0.1) is 13.5 Å². The molecule has 0 fully saturated rings. The topological polar surface area (TPSA) is 192 Å². The Bertz CT molecular complexity index is 1930. The third-order valence-corrected chi connectivity index (χ3v) is 7.42. The molecule has 43 heavy (non-hydrogen) atoms. The van der Waals surface area contributed by atoms with Crippen molar-refractivity contribution in [2.24, 2.45) is 10.2 Å². The van der Waals surface area contributed by atoms with Gasteiger partial charge in [-0.25, -0.2) is 22.5 Å². The van der Waals surface area contributed by atoms with Gasteiger partial charge >= 0.3 is 80.9 Å². The second-order valence-corrected chi connectivity index (χ2v) is 11.1. The molecule has 3 aromatic heterocycles. The van der Waals surface area contributed by atoms with Crippen molar-refractivity contribution < 1.29 is 109 Å². The van der Waals surface area contributed by atoms with Crippen molar-refractivity contribution in [3.05, 3.63) is 71.3 Å². The smallest absolute Gasteiger partial charge is 0.744 e. The van der Waals surface area contributed by atoms with Gasteiger partial charge in [0.1, 0.15) is 10.1 Å². The number of aromatic nitrogens is 6. The predicted octanol–water partition coefficient (Wildman–Crippen LogP) is -1.55. The Kier molecular flexibility index (Phi) is 12.4. The van der Waals surface area contributed by atoms with E-state index in [2.05, 4.69) is 44.8 Å². The summed E-state index contributed by atoms with van der Waals surface area (Å²) in [6, 6.07) is 10.4. The second-order valence-electron chi connectivity index (χ2n) is 8.93. The molecule has 19 heteroatoms. The maximum absolute atomic E-state index is 11.3. The molecule has 0 aliphatic carbocycles. The summed E-state index contributed by atoms with van der Waals surface area (Å²) < 4.78 is 41.3. The molecular weight excluding hydrogens is 637 g/mol. The summed E-state index contributed by atoms with van der Waals surface area (Å²) in [6.45, 7) is 13.3. The Morgan fingerprint density at radius 2 is 1.86 bits per heavy atom. The van der Waals surface area contributed by atoms with Crippen LogP contribution in [-0.2, 0) is 19.5 Å². The normalized spacial score (nSPS) is 11.6. The Morgan fingerprint density at radius 1 is 1.14 bits per heavy atom. The SMILES string of the molecule is [C-]#[N+]c1cnn(-c2ccc(S(=O)(=O)[O-])cc2)c1N=Nc1c(C(C)C)[nH]n2c(-c3ccc(SOO[O-])cc3C)nnc12.[K+].[Na+]. The molecule has 15 nitrogen and oxygen atoms in total. The number of fused-ring (bicyclic) bond motifs is 1. The summed E-state index contributed by atoms with van der Waals surface area (Å²) in [4.78, 5) is 3.72. The number of aryl methyl sites for hydroxylation is 1. The van der Waals surface area contributed by atoms with E-state index >= 15 is 0 Å². The van der Waals surface area contributed by atoms with Crippen molar-refractivity contribution in [2.45, 2.75) is 36.5 Å². The predicted molar refractivity (Wildman–Crippen MR) is 142 cm³/mol. The number of azo groups is 1. The van der Waals surface area contributed by atoms with Crippen molar-refractivity contribution in [3.8, 4) is 17.1 Å². The monoisotopic (exact) mass is 655 g/mol. The molecule has 0 saturated heterocycles. The molecule has 0 aliphatic rings. The molecule has 0 bridgehead atoms. The van der Waals surface area contributed by atoms with Crippen LogP contribution in [0.25, 0.3) is 27.6 Å². The van der Waals surface area contributed by atoms with E-state index in [0.717, 1.165) is 35.3 Å². The van der Waals surface area contributed by atoms with Gasteiger partial charge in [-0.15, -0.1) is 20.4 Å². The van der Waals surface area contributed by atoms with E-state index in [0.29, 0.717) is 33.4 Å². The van der Waals surface area contributed by atoms with Gasteiger partial charge in [-0.05, 0) is 60.9 Å².